The maximum atomic E-state index is 14.0. The van der Waals surface area contributed by atoms with Crippen LogP contribution in [0.3, 0.4) is 0 Å². The van der Waals surface area contributed by atoms with Crippen molar-refractivity contribution in [3.05, 3.63) is 35.4 Å². The normalized spacial score (nSPS) is 16.1. The molecule has 2 rings (SSSR count). The lowest BCUT2D eigenvalue weighted by atomic mass is 9.97. The van der Waals surface area contributed by atoms with E-state index in [0.29, 0.717) is 12.2 Å². The van der Waals surface area contributed by atoms with E-state index in [2.05, 4.69) is 17.6 Å². The van der Waals surface area contributed by atoms with Gasteiger partial charge in [-0.2, -0.15) is 11.8 Å². The van der Waals surface area contributed by atoms with E-state index in [4.69, 9.17) is 4.74 Å². The quantitative estimate of drug-likeness (QED) is 0.418. The van der Waals surface area contributed by atoms with Crippen LogP contribution in [0, 0.1) is 6.92 Å². The summed E-state index contributed by atoms with van der Waals surface area (Å²) in [6, 6.07) is 6.16. The van der Waals surface area contributed by atoms with Gasteiger partial charge in [-0.3, -0.25) is 9.59 Å². The second-order valence-corrected chi connectivity index (χ2v) is 11.4. The van der Waals surface area contributed by atoms with Gasteiger partial charge in [0.25, 0.3) is 0 Å². The first kappa shape index (κ1) is 29.0. The smallest absolute Gasteiger partial charge is 0.408 e. The van der Waals surface area contributed by atoms with Crippen molar-refractivity contribution in [2.45, 2.75) is 103 Å². The number of carbonyl (C=O) groups is 3. The SMILES string of the molecule is CCCC(C)NC(=O)C(c1ccccc1C)N(C(=O)C(CCSC)NC(=O)OC(C)(C)C)C1CC1. The lowest BCUT2D eigenvalue weighted by Gasteiger charge is -2.36. The van der Waals surface area contributed by atoms with Gasteiger partial charge < -0.3 is 20.3 Å². The third-order valence-electron chi connectivity index (χ3n) is 5.91. The minimum Gasteiger partial charge on any atom is -0.444 e. The molecule has 1 aliphatic carbocycles. The van der Waals surface area contributed by atoms with Crippen molar-refractivity contribution < 1.29 is 19.1 Å². The lowest BCUT2D eigenvalue weighted by Crippen LogP contribution is -2.54. The topological polar surface area (TPSA) is 87.7 Å². The second-order valence-electron chi connectivity index (χ2n) is 10.4. The molecule has 0 aromatic heterocycles. The molecule has 8 heteroatoms. The van der Waals surface area contributed by atoms with E-state index < -0.39 is 23.8 Å². The summed E-state index contributed by atoms with van der Waals surface area (Å²) in [4.78, 5) is 42.0. The van der Waals surface area contributed by atoms with Crippen molar-refractivity contribution >= 4 is 29.7 Å². The zero-order valence-corrected chi connectivity index (χ0v) is 23.2. The maximum absolute atomic E-state index is 14.0. The fourth-order valence-electron chi connectivity index (χ4n) is 4.13. The summed E-state index contributed by atoms with van der Waals surface area (Å²) in [6.07, 6.45) is 5.30. The van der Waals surface area contributed by atoms with Gasteiger partial charge in [-0.25, -0.2) is 4.79 Å². The van der Waals surface area contributed by atoms with Crippen molar-refractivity contribution in [1.82, 2.24) is 15.5 Å². The van der Waals surface area contributed by atoms with Crippen LogP contribution in [0.4, 0.5) is 4.79 Å². The highest BCUT2D eigenvalue weighted by Gasteiger charge is 2.44. The minimum atomic E-state index is -0.773. The Balaban J connectivity index is 2.42. The van der Waals surface area contributed by atoms with Gasteiger partial charge in [0.1, 0.15) is 17.7 Å². The summed E-state index contributed by atoms with van der Waals surface area (Å²) in [7, 11) is 0. The van der Waals surface area contributed by atoms with Gasteiger partial charge >= 0.3 is 6.09 Å². The van der Waals surface area contributed by atoms with E-state index in [9.17, 15) is 14.4 Å². The number of aryl methyl sites for hydroxylation is 1. The highest BCUT2D eigenvalue weighted by atomic mass is 32.2. The van der Waals surface area contributed by atoms with Crippen LogP contribution in [-0.4, -0.2) is 58.5 Å². The Bertz CT molecular complexity index is 866. The Morgan fingerprint density at radius 1 is 1.14 bits per heavy atom. The summed E-state index contributed by atoms with van der Waals surface area (Å²) in [5.41, 5.74) is 1.09. The minimum absolute atomic E-state index is 0.00218. The standard InChI is InChI=1S/C27H43N3O4S/c1-8-11-19(3)28-24(31)23(21-13-10-9-12-18(21)2)30(20-14-15-20)25(32)22(16-17-35-7)29-26(33)34-27(4,5)6/h9-10,12-13,19-20,22-23H,8,11,14-17H2,1-7H3,(H,28,31)(H,29,33). The molecule has 2 N–H and O–H groups in total. The molecule has 1 fully saturated rings. The molecular formula is C27H43N3O4S. The number of benzene rings is 1. The lowest BCUT2D eigenvalue weighted by molar-refractivity contribution is -0.143. The first-order chi connectivity index (χ1) is 16.5. The van der Waals surface area contributed by atoms with E-state index in [-0.39, 0.29) is 23.9 Å². The average molecular weight is 506 g/mol. The Kier molecular flexibility index (Phi) is 10.9. The summed E-state index contributed by atoms with van der Waals surface area (Å²) in [5, 5.41) is 5.92. The first-order valence-electron chi connectivity index (χ1n) is 12.6. The molecule has 0 bridgehead atoms. The van der Waals surface area contributed by atoms with E-state index in [1.807, 2.05) is 44.4 Å². The van der Waals surface area contributed by atoms with Crippen molar-refractivity contribution in [2.75, 3.05) is 12.0 Å². The number of hydrogen-bond acceptors (Lipinski definition) is 5. The molecule has 1 aliphatic rings. The number of alkyl carbamates (subject to hydrolysis) is 1. The van der Waals surface area contributed by atoms with Crippen LogP contribution in [-0.2, 0) is 14.3 Å². The van der Waals surface area contributed by atoms with Crippen LogP contribution in [0.25, 0.3) is 0 Å². The second kappa shape index (κ2) is 13.2. The third kappa shape index (κ3) is 9.06. The van der Waals surface area contributed by atoms with E-state index >= 15 is 0 Å². The Labute approximate surface area is 215 Å². The number of nitrogens with one attached hydrogen (secondary N) is 2. The molecule has 3 unspecified atom stereocenters. The number of carbonyl (C=O) groups excluding carboxylic acids is 3. The molecule has 3 atom stereocenters. The number of amides is 3. The summed E-state index contributed by atoms with van der Waals surface area (Å²) in [5.74, 6) is 0.278. The van der Waals surface area contributed by atoms with Crippen LogP contribution in [0.1, 0.15) is 83.9 Å². The Morgan fingerprint density at radius 2 is 1.80 bits per heavy atom. The van der Waals surface area contributed by atoms with E-state index in [1.54, 1.807) is 37.4 Å². The van der Waals surface area contributed by atoms with Gasteiger partial charge in [0.05, 0.1) is 0 Å². The molecule has 0 spiro atoms. The average Bonchev–Trinajstić information content (AvgIpc) is 3.59. The van der Waals surface area contributed by atoms with Crippen LogP contribution < -0.4 is 10.6 Å². The number of rotatable bonds is 12. The van der Waals surface area contributed by atoms with Crippen molar-refractivity contribution in [3.63, 3.8) is 0 Å². The van der Waals surface area contributed by atoms with Crippen LogP contribution in [0.15, 0.2) is 24.3 Å². The van der Waals surface area contributed by atoms with E-state index in [1.165, 1.54) is 0 Å². The van der Waals surface area contributed by atoms with Crippen LogP contribution in [0.2, 0.25) is 0 Å². The molecule has 3 amide bonds. The van der Waals surface area contributed by atoms with Crippen molar-refractivity contribution in [1.29, 1.82) is 0 Å². The summed E-state index contributed by atoms with van der Waals surface area (Å²) in [6.45, 7) is 11.4. The largest absolute Gasteiger partial charge is 0.444 e. The van der Waals surface area contributed by atoms with Gasteiger partial charge in [-0.1, -0.05) is 37.6 Å². The summed E-state index contributed by atoms with van der Waals surface area (Å²) < 4.78 is 5.44. The highest BCUT2D eigenvalue weighted by Crippen LogP contribution is 2.37. The molecular weight excluding hydrogens is 462 g/mol. The monoisotopic (exact) mass is 505 g/mol. The first-order valence-corrected chi connectivity index (χ1v) is 14.0. The zero-order valence-electron chi connectivity index (χ0n) is 22.3. The molecule has 7 nitrogen and oxygen atoms in total. The zero-order chi connectivity index (χ0) is 26.2. The van der Waals surface area contributed by atoms with Gasteiger partial charge in [0.2, 0.25) is 11.8 Å². The summed E-state index contributed by atoms with van der Waals surface area (Å²) >= 11 is 1.61. The van der Waals surface area contributed by atoms with Gasteiger partial charge in [0.15, 0.2) is 0 Å². The highest BCUT2D eigenvalue weighted by molar-refractivity contribution is 7.98. The fraction of sp³-hybridized carbons (Fsp3) is 0.667. The molecule has 0 aliphatic heterocycles. The van der Waals surface area contributed by atoms with Gasteiger partial charge in [0, 0.05) is 12.1 Å². The Morgan fingerprint density at radius 3 is 2.34 bits per heavy atom. The molecule has 0 radical (unpaired) electrons. The van der Waals surface area contributed by atoms with Crippen molar-refractivity contribution in [2.24, 2.45) is 0 Å². The number of ether oxygens (including phenoxy) is 1. The maximum Gasteiger partial charge on any atom is 0.408 e. The van der Waals surface area contributed by atoms with Crippen LogP contribution >= 0.6 is 11.8 Å². The number of thioether (sulfide) groups is 1. The number of hydrogen-bond donors (Lipinski definition) is 2. The van der Waals surface area contributed by atoms with Gasteiger partial charge in [-0.05, 0) is 83.4 Å². The molecule has 196 valence electrons. The van der Waals surface area contributed by atoms with Crippen LogP contribution in [0.5, 0.6) is 0 Å². The van der Waals surface area contributed by atoms with E-state index in [0.717, 1.165) is 36.8 Å². The van der Waals surface area contributed by atoms with Gasteiger partial charge in [-0.15, -0.1) is 0 Å². The number of nitrogens with zero attached hydrogens (tertiary/aromatic N) is 1. The third-order valence-corrected chi connectivity index (χ3v) is 6.56. The predicted molar refractivity (Wildman–Crippen MR) is 142 cm³/mol. The Hall–Kier alpha value is -2.22. The van der Waals surface area contributed by atoms with Crippen molar-refractivity contribution in [3.8, 4) is 0 Å². The fourth-order valence-corrected chi connectivity index (χ4v) is 4.60. The molecule has 1 saturated carbocycles. The molecule has 1 aromatic rings. The molecule has 35 heavy (non-hydrogen) atoms. The molecule has 0 saturated heterocycles. The molecule has 0 heterocycles. The molecule has 1 aromatic carbocycles. The predicted octanol–water partition coefficient (Wildman–Crippen LogP) is 4.98.